The number of ketones is 1. The second-order valence-electron chi connectivity index (χ2n) is 5.29. The summed E-state index contributed by atoms with van der Waals surface area (Å²) in [6, 6.07) is 8.46. The van der Waals surface area contributed by atoms with E-state index in [1.165, 1.54) is 0 Å². The smallest absolute Gasteiger partial charge is 0.159 e. The number of aliphatic hydroxyl groups excluding tert-OH is 1. The Bertz CT molecular complexity index is 448. The van der Waals surface area contributed by atoms with Gasteiger partial charge in [-0.2, -0.15) is 0 Å². The molecule has 4 nitrogen and oxygen atoms in total. The van der Waals surface area contributed by atoms with E-state index >= 15 is 0 Å². The number of anilines is 1. The number of piperazine rings is 1. The molecule has 1 fully saturated rings. The van der Waals surface area contributed by atoms with E-state index < -0.39 is 0 Å². The van der Waals surface area contributed by atoms with Gasteiger partial charge in [-0.25, -0.2) is 0 Å². The zero-order valence-corrected chi connectivity index (χ0v) is 11.6. The van der Waals surface area contributed by atoms with E-state index in [0.717, 1.165) is 30.8 Å². The molecule has 1 saturated heterocycles. The van der Waals surface area contributed by atoms with Crippen molar-refractivity contribution in [1.82, 2.24) is 5.32 Å². The normalized spacial score (nSPS) is 23.4. The van der Waals surface area contributed by atoms with E-state index in [4.69, 9.17) is 5.11 Å². The van der Waals surface area contributed by atoms with Gasteiger partial charge in [0.1, 0.15) is 0 Å². The molecular weight excluding hydrogens is 240 g/mol. The van der Waals surface area contributed by atoms with Gasteiger partial charge >= 0.3 is 0 Å². The summed E-state index contributed by atoms with van der Waals surface area (Å²) in [4.78, 5) is 13.7. The van der Waals surface area contributed by atoms with Gasteiger partial charge in [0.25, 0.3) is 0 Å². The van der Waals surface area contributed by atoms with Crippen molar-refractivity contribution in [3.05, 3.63) is 29.8 Å². The SMILES string of the molecule is CC(=O)c1cccc(N2CC(C)NC(CCO)C2)c1. The highest BCUT2D eigenvalue weighted by Crippen LogP contribution is 2.20. The standard InChI is InChI=1S/C15H22N2O2/c1-11-9-17(10-14(16-11)6-7-18)15-5-3-4-13(8-15)12(2)19/h3-5,8,11,14,16,18H,6-7,9-10H2,1-2H3. The molecule has 0 aliphatic carbocycles. The monoisotopic (exact) mass is 262 g/mol. The molecule has 2 unspecified atom stereocenters. The molecule has 1 aromatic carbocycles. The van der Waals surface area contributed by atoms with Crippen LogP contribution >= 0.6 is 0 Å². The van der Waals surface area contributed by atoms with Crippen molar-refractivity contribution in [2.75, 3.05) is 24.6 Å². The third-order valence-corrected chi connectivity index (χ3v) is 3.55. The quantitative estimate of drug-likeness (QED) is 0.806. The van der Waals surface area contributed by atoms with Crippen LogP contribution in [0, 0.1) is 0 Å². The van der Waals surface area contributed by atoms with Crippen LogP contribution in [0.2, 0.25) is 0 Å². The average molecular weight is 262 g/mol. The van der Waals surface area contributed by atoms with Crippen LogP contribution in [-0.2, 0) is 0 Å². The summed E-state index contributed by atoms with van der Waals surface area (Å²) in [5.74, 6) is 0.0944. The summed E-state index contributed by atoms with van der Waals surface area (Å²) >= 11 is 0. The zero-order valence-electron chi connectivity index (χ0n) is 11.6. The number of rotatable bonds is 4. The average Bonchev–Trinajstić information content (AvgIpc) is 2.38. The first-order chi connectivity index (χ1) is 9.10. The van der Waals surface area contributed by atoms with Crippen molar-refractivity contribution in [1.29, 1.82) is 0 Å². The lowest BCUT2D eigenvalue weighted by Crippen LogP contribution is -2.55. The van der Waals surface area contributed by atoms with Crippen LogP contribution in [0.3, 0.4) is 0 Å². The van der Waals surface area contributed by atoms with Gasteiger partial charge in [0, 0.05) is 43.0 Å². The Hall–Kier alpha value is -1.39. The van der Waals surface area contributed by atoms with Crippen LogP contribution in [0.5, 0.6) is 0 Å². The Balaban J connectivity index is 2.15. The molecule has 0 bridgehead atoms. The Kier molecular flexibility index (Phi) is 4.56. The van der Waals surface area contributed by atoms with Gasteiger partial charge in [-0.1, -0.05) is 12.1 Å². The predicted molar refractivity (Wildman–Crippen MR) is 76.7 cm³/mol. The molecule has 1 aliphatic heterocycles. The molecule has 19 heavy (non-hydrogen) atoms. The van der Waals surface area contributed by atoms with Crippen LogP contribution in [0.1, 0.15) is 30.6 Å². The van der Waals surface area contributed by atoms with Gasteiger partial charge in [-0.05, 0) is 32.4 Å². The summed E-state index contributed by atoms with van der Waals surface area (Å²) < 4.78 is 0. The molecule has 4 heteroatoms. The third-order valence-electron chi connectivity index (χ3n) is 3.55. The fraction of sp³-hybridized carbons (Fsp3) is 0.533. The molecule has 104 valence electrons. The van der Waals surface area contributed by atoms with Gasteiger partial charge in [-0.3, -0.25) is 4.79 Å². The van der Waals surface area contributed by atoms with E-state index in [-0.39, 0.29) is 12.4 Å². The lowest BCUT2D eigenvalue weighted by atomic mass is 10.1. The largest absolute Gasteiger partial charge is 0.396 e. The number of carbonyl (C=O) groups excluding carboxylic acids is 1. The minimum Gasteiger partial charge on any atom is -0.396 e. The van der Waals surface area contributed by atoms with Gasteiger partial charge < -0.3 is 15.3 Å². The number of Topliss-reactive ketones (excluding diaryl/α,β-unsaturated/α-hetero) is 1. The maximum Gasteiger partial charge on any atom is 0.159 e. The van der Waals surface area contributed by atoms with E-state index in [9.17, 15) is 4.79 Å². The molecule has 0 amide bonds. The first-order valence-electron chi connectivity index (χ1n) is 6.83. The van der Waals surface area contributed by atoms with Crippen LogP contribution in [0.25, 0.3) is 0 Å². The molecule has 0 radical (unpaired) electrons. The second-order valence-corrected chi connectivity index (χ2v) is 5.29. The molecule has 0 spiro atoms. The van der Waals surface area contributed by atoms with Crippen LogP contribution in [0.15, 0.2) is 24.3 Å². The summed E-state index contributed by atoms with van der Waals surface area (Å²) in [5, 5.41) is 12.6. The van der Waals surface area contributed by atoms with E-state index in [0.29, 0.717) is 12.1 Å². The summed E-state index contributed by atoms with van der Waals surface area (Å²) in [7, 11) is 0. The molecule has 1 aromatic rings. The zero-order chi connectivity index (χ0) is 13.8. The van der Waals surface area contributed by atoms with E-state index in [2.05, 4.69) is 17.1 Å². The second kappa shape index (κ2) is 6.17. The fourth-order valence-electron chi connectivity index (χ4n) is 2.64. The molecular formula is C15H22N2O2. The Morgan fingerprint density at radius 2 is 2.26 bits per heavy atom. The van der Waals surface area contributed by atoms with Crippen molar-refractivity contribution in [2.45, 2.75) is 32.4 Å². The van der Waals surface area contributed by atoms with Gasteiger partial charge in [0.2, 0.25) is 0 Å². The Morgan fingerprint density at radius 3 is 2.95 bits per heavy atom. The molecule has 0 saturated carbocycles. The topological polar surface area (TPSA) is 52.6 Å². The first-order valence-corrected chi connectivity index (χ1v) is 6.83. The lowest BCUT2D eigenvalue weighted by Gasteiger charge is -2.39. The van der Waals surface area contributed by atoms with Crippen molar-refractivity contribution >= 4 is 11.5 Å². The number of hydrogen-bond donors (Lipinski definition) is 2. The summed E-state index contributed by atoms with van der Waals surface area (Å²) in [6.45, 7) is 5.72. The Morgan fingerprint density at radius 1 is 1.47 bits per heavy atom. The van der Waals surface area contributed by atoms with Crippen molar-refractivity contribution < 1.29 is 9.90 Å². The highest BCUT2D eigenvalue weighted by Gasteiger charge is 2.23. The lowest BCUT2D eigenvalue weighted by molar-refractivity contribution is 0.101. The minimum absolute atomic E-state index is 0.0944. The minimum atomic E-state index is 0.0944. The molecule has 2 N–H and O–H groups in total. The molecule has 0 aromatic heterocycles. The summed E-state index contributed by atoms with van der Waals surface area (Å²) in [6.07, 6.45) is 0.757. The summed E-state index contributed by atoms with van der Waals surface area (Å²) in [5.41, 5.74) is 1.84. The van der Waals surface area contributed by atoms with E-state index in [1.807, 2.05) is 24.3 Å². The first kappa shape index (κ1) is 14.0. The van der Waals surface area contributed by atoms with Crippen molar-refractivity contribution in [3.63, 3.8) is 0 Å². The molecule has 1 aliphatic rings. The highest BCUT2D eigenvalue weighted by molar-refractivity contribution is 5.95. The number of nitrogens with zero attached hydrogens (tertiary/aromatic N) is 1. The maximum atomic E-state index is 11.4. The number of nitrogens with one attached hydrogen (secondary N) is 1. The molecule has 2 rings (SSSR count). The number of aliphatic hydroxyl groups is 1. The fourth-order valence-corrected chi connectivity index (χ4v) is 2.64. The van der Waals surface area contributed by atoms with Crippen molar-refractivity contribution in [2.24, 2.45) is 0 Å². The van der Waals surface area contributed by atoms with Crippen LogP contribution < -0.4 is 10.2 Å². The predicted octanol–water partition coefficient (Wildman–Crippen LogP) is 1.44. The van der Waals surface area contributed by atoms with Crippen LogP contribution in [0.4, 0.5) is 5.69 Å². The third kappa shape index (κ3) is 3.55. The number of hydrogen-bond acceptors (Lipinski definition) is 4. The van der Waals surface area contributed by atoms with Gasteiger partial charge in [-0.15, -0.1) is 0 Å². The van der Waals surface area contributed by atoms with Crippen molar-refractivity contribution in [3.8, 4) is 0 Å². The van der Waals surface area contributed by atoms with Crippen LogP contribution in [-0.4, -0.2) is 42.7 Å². The van der Waals surface area contributed by atoms with Gasteiger partial charge in [0.15, 0.2) is 5.78 Å². The number of carbonyl (C=O) groups is 1. The highest BCUT2D eigenvalue weighted by atomic mass is 16.3. The molecule has 1 heterocycles. The van der Waals surface area contributed by atoms with E-state index in [1.54, 1.807) is 6.92 Å². The Labute approximate surface area is 114 Å². The number of benzene rings is 1. The molecule has 2 atom stereocenters. The maximum absolute atomic E-state index is 11.4. The van der Waals surface area contributed by atoms with Gasteiger partial charge in [0.05, 0.1) is 0 Å².